The number of ether oxygens (including phenoxy) is 2. The Kier molecular flexibility index (Phi) is 4.54. The molecular formula is C16H23BO5. The van der Waals surface area contributed by atoms with Crippen molar-refractivity contribution in [3.63, 3.8) is 0 Å². The third-order valence-corrected chi connectivity index (χ3v) is 4.25. The minimum Gasteiger partial charge on any atom is -0.493 e. The highest BCUT2D eigenvalue weighted by Crippen LogP contribution is 2.38. The van der Waals surface area contributed by atoms with Crippen LogP contribution in [0.4, 0.5) is 0 Å². The van der Waals surface area contributed by atoms with E-state index in [1.165, 1.54) is 0 Å². The van der Waals surface area contributed by atoms with Crippen LogP contribution in [0.3, 0.4) is 0 Å². The fourth-order valence-corrected chi connectivity index (χ4v) is 2.34. The Morgan fingerprint density at radius 2 is 1.77 bits per heavy atom. The molecule has 2 rings (SSSR count). The van der Waals surface area contributed by atoms with E-state index in [2.05, 4.69) is 0 Å². The average Bonchev–Trinajstić information content (AvgIpc) is 2.66. The smallest absolute Gasteiger partial charge is 0.493 e. The summed E-state index contributed by atoms with van der Waals surface area (Å²) in [5, 5.41) is 0. The molecule has 0 N–H and O–H groups in total. The lowest BCUT2D eigenvalue weighted by molar-refractivity contribution is 0.00578. The van der Waals surface area contributed by atoms with E-state index in [-0.39, 0.29) is 0 Å². The van der Waals surface area contributed by atoms with Crippen LogP contribution in [0.2, 0.25) is 0 Å². The van der Waals surface area contributed by atoms with Crippen LogP contribution in [0.25, 0.3) is 0 Å². The van der Waals surface area contributed by atoms with Gasteiger partial charge < -0.3 is 18.8 Å². The molecule has 0 atom stereocenters. The maximum absolute atomic E-state index is 11.2. The highest BCUT2D eigenvalue weighted by Gasteiger charge is 2.52. The molecule has 0 amide bonds. The van der Waals surface area contributed by atoms with Crippen molar-refractivity contribution in [3.05, 3.63) is 17.7 Å². The van der Waals surface area contributed by atoms with Crippen molar-refractivity contribution in [1.82, 2.24) is 0 Å². The van der Waals surface area contributed by atoms with Gasteiger partial charge in [-0.05, 0) is 46.8 Å². The van der Waals surface area contributed by atoms with Gasteiger partial charge in [-0.1, -0.05) is 0 Å². The summed E-state index contributed by atoms with van der Waals surface area (Å²) in [6.45, 7) is 10.3. The molecule has 0 unspecified atom stereocenters. The SMILES string of the molecule is CCOc1cc(C=O)cc(B2OC(C)(C)C(C)(C)O2)c1OC. The van der Waals surface area contributed by atoms with Crippen LogP contribution in [0.5, 0.6) is 11.5 Å². The number of benzene rings is 1. The summed E-state index contributed by atoms with van der Waals surface area (Å²) < 4.78 is 23.2. The third kappa shape index (κ3) is 2.85. The maximum Gasteiger partial charge on any atom is 0.498 e. The van der Waals surface area contributed by atoms with Gasteiger partial charge in [-0.15, -0.1) is 0 Å². The zero-order chi connectivity index (χ0) is 16.5. The minimum absolute atomic E-state index is 0.467. The van der Waals surface area contributed by atoms with Crippen molar-refractivity contribution in [2.45, 2.75) is 45.8 Å². The molecular weight excluding hydrogens is 283 g/mol. The van der Waals surface area contributed by atoms with Gasteiger partial charge in [0.15, 0.2) is 11.5 Å². The van der Waals surface area contributed by atoms with Gasteiger partial charge in [0.05, 0.1) is 24.9 Å². The molecule has 0 aromatic heterocycles. The first-order valence-electron chi connectivity index (χ1n) is 7.41. The molecule has 0 spiro atoms. The van der Waals surface area contributed by atoms with Crippen LogP contribution in [-0.2, 0) is 9.31 Å². The summed E-state index contributed by atoms with van der Waals surface area (Å²) >= 11 is 0. The first kappa shape index (κ1) is 16.8. The molecule has 1 saturated heterocycles. The lowest BCUT2D eigenvalue weighted by atomic mass is 9.77. The Hall–Kier alpha value is -1.53. The molecule has 1 aromatic carbocycles. The van der Waals surface area contributed by atoms with Gasteiger partial charge in [0.1, 0.15) is 6.29 Å². The molecule has 0 radical (unpaired) electrons. The summed E-state index contributed by atoms with van der Waals surface area (Å²) in [5.74, 6) is 1.05. The Morgan fingerprint density at radius 1 is 1.18 bits per heavy atom. The van der Waals surface area contributed by atoms with Crippen molar-refractivity contribution in [3.8, 4) is 11.5 Å². The standard InChI is InChI=1S/C16H23BO5/c1-7-20-13-9-11(10-18)8-12(14(13)19-6)17-21-15(2,3)16(4,5)22-17/h8-10H,7H2,1-6H3. The van der Waals surface area contributed by atoms with Crippen molar-refractivity contribution < 1.29 is 23.6 Å². The molecule has 1 aliphatic heterocycles. The number of carbonyl (C=O) groups excluding carboxylic acids is 1. The van der Waals surface area contributed by atoms with Gasteiger partial charge in [-0.25, -0.2) is 0 Å². The van der Waals surface area contributed by atoms with E-state index in [0.29, 0.717) is 29.1 Å². The van der Waals surface area contributed by atoms with Crippen LogP contribution in [0.1, 0.15) is 45.0 Å². The van der Waals surface area contributed by atoms with E-state index < -0.39 is 18.3 Å². The van der Waals surface area contributed by atoms with Gasteiger partial charge in [0.25, 0.3) is 0 Å². The Bertz CT molecular complexity index is 552. The van der Waals surface area contributed by atoms with Crippen molar-refractivity contribution in [2.75, 3.05) is 13.7 Å². The van der Waals surface area contributed by atoms with Crippen molar-refractivity contribution >= 4 is 18.9 Å². The van der Waals surface area contributed by atoms with E-state index in [4.69, 9.17) is 18.8 Å². The molecule has 120 valence electrons. The molecule has 1 heterocycles. The lowest BCUT2D eigenvalue weighted by Gasteiger charge is -2.32. The Morgan fingerprint density at radius 3 is 2.23 bits per heavy atom. The zero-order valence-electron chi connectivity index (χ0n) is 14.1. The summed E-state index contributed by atoms with van der Waals surface area (Å²) in [7, 11) is 0.951. The van der Waals surface area contributed by atoms with E-state index in [9.17, 15) is 4.79 Å². The van der Waals surface area contributed by atoms with Gasteiger partial charge in [0, 0.05) is 11.0 Å². The topological polar surface area (TPSA) is 54.0 Å². The maximum atomic E-state index is 11.2. The molecule has 1 aromatic rings. The summed E-state index contributed by atoms with van der Waals surface area (Å²) in [6, 6.07) is 3.38. The van der Waals surface area contributed by atoms with Crippen LogP contribution in [0.15, 0.2) is 12.1 Å². The second kappa shape index (κ2) is 5.93. The fourth-order valence-electron chi connectivity index (χ4n) is 2.34. The summed E-state index contributed by atoms with van der Waals surface area (Å²) in [6.07, 6.45) is 0.775. The first-order chi connectivity index (χ1) is 10.3. The molecule has 22 heavy (non-hydrogen) atoms. The molecule has 0 bridgehead atoms. The molecule has 5 nitrogen and oxygen atoms in total. The molecule has 0 saturated carbocycles. The quantitative estimate of drug-likeness (QED) is 0.616. The molecule has 6 heteroatoms. The van der Waals surface area contributed by atoms with Gasteiger partial charge in [0.2, 0.25) is 0 Å². The van der Waals surface area contributed by atoms with E-state index >= 15 is 0 Å². The van der Waals surface area contributed by atoms with E-state index in [1.807, 2.05) is 34.6 Å². The largest absolute Gasteiger partial charge is 0.498 e. The van der Waals surface area contributed by atoms with E-state index in [0.717, 1.165) is 6.29 Å². The van der Waals surface area contributed by atoms with Gasteiger partial charge in [-0.2, -0.15) is 0 Å². The number of hydrogen-bond acceptors (Lipinski definition) is 5. The Labute approximate surface area is 132 Å². The monoisotopic (exact) mass is 306 g/mol. The highest BCUT2D eigenvalue weighted by molar-refractivity contribution is 6.63. The summed E-state index contributed by atoms with van der Waals surface area (Å²) in [5.41, 5.74) is 0.222. The predicted octanol–water partition coefficient (Wildman–Crippen LogP) is 2.21. The fraction of sp³-hybridized carbons (Fsp3) is 0.562. The number of aldehydes is 1. The molecule has 1 aliphatic rings. The minimum atomic E-state index is -0.612. The summed E-state index contributed by atoms with van der Waals surface area (Å²) in [4.78, 5) is 11.2. The zero-order valence-corrected chi connectivity index (χ0v) is 14.1. The predicted molar refractivity (Wildman–Crippen MR) is 85.3 cm³/mol. The highest BCUT2D eigenvalue weighted by atomic mass is 16.7. The third-order valence-electron chi connectivity index (χ3n) is 4.25. The van der Waals surface area contributed by atoms with Gasteiger partial charge >= 0.3 is 7.12 Å². The lowest BCUT2D eigenvalue weighted by Crippen LogP contribution is -2.41. The van der Waals surface area contributed by atoms with Crippen molar-refractivity contribution in [1.29, 1.82) is 0 Å². The average molecular weight is 306 g/mol. The van der Waals surface area contributed by atoms with E-state index in [1.54, 1.807) is 19.2 Å². The van der Waals surface area contributed by atoms with Crippen LogP contribution in [0, 0.1) is 0 Å². The van der Waals surface area contributed by atoms with Crippen LogP contribution in [-0.4, -0.2) is 38.3 Å². The van der Waals surface area contributed by atoms with Crippen molar-refractivity contribution in [2.24, 2.45) is 0 Å². The molecule has 1 fully saturated rings. The second-order valence-corrected chi connectivity index (χ2v) is 6.28. The number of carbonyl (C=O) groups is 1. The normalized spacial score (nSPS) is 19.1. The molecule has 0 aliphatic carbocycles. The second-order valence-electron chi connectivity index (χ2n) is 6.28. The van der Waals surface area contributed by atoms with Crippen LogP contribution >= 0.6 is 0 Å². The van der Waals surface area contributed by atoms with Crippen LogP contribution < -0.4 is 14.9 Å². The first-order valence-corrected chi connectivity index (χ1v) is 7.41. The Balaban J connectivity index is 2.50. The number of methoxy groups -OCH3 is 1. The number of hydrogen-bond donors (Lipinski definition) is 0. The number of rotatable bonds is 5. The van der Waals surface area contributed by atoms with Gasteiger partial charge in [-0.3, -0.25) is 4.79 Å².